The summed E-state index contributed by atoms with van der Waals surface area (Å²) in [7, 11) is 4.57. The molecule has 2 N–H and O–H groups in total. The first-order valence-corrected chi connectivity index (χ1v) is 9.52. The number of carbonyl (C=O) groups is 1. The molecular weight excluding hydrogens is 384 g/mol. The van der Waals surface area contributed by atoms with Gasteiger partial charge in [0.2, 0.25) is 0 Å². The number of thiophene rings is 1. The molecule has 0 radical (unpaired) electrons. The summed E-state index contributed by atoms with van der Waals surface area (Å²) in [6.07, 6.45) is 0. The zero-order chi connectivity index (χ0) is 20.1. The molecule has 1 heterocycles. The lowest BCUT2D eigenvalue weighted by molar-refractivity contribution is 0.0601. The van der Waals surface area contributed by atoms with Gasteiger partial charge in [-0.15, -0.1) is 11.3 Å². The molecule has 0 spiro atoms. The highest BCUT2D eigenvalue weighted by atomic mass is 32.1. The van der Waals surface area contributed by atoms with Crippen LogP contribution in [0.1, 0.15) is 39.3 Å². The van der Waals surface area contributed by atoms with Crippen molar-refractivity contribution >= 4 is 39.6 Å². The van der Waals surface area contributed by atoms with Gasteiger partial charge in [0.05, 0.1) is 32.9 Å². The molecule has 0 fully saturated rings. The Kier molecular flexibility index (Phi) is 7.04. The van der Waals surface area contributed by atoms with Gasteiger partial charge in [0.25, 0.3) is 0 Å². The summed E-state index contributed by atoms with van der Waals surface area (Å²) in [5.41, 5.74) is 2.40. The molecule has 1 aromatic carbocycles. The van der Waals surface area contributed by atoms with Crippen LogP contribution in [0.3, 0.4) is 0 Å². The van der Waals surface area contributed by atoms with Gasteiger partial charge in [-0.1, -0.05) is 6.07 Å². The maximum Gasteiger partial charge on any atom is 0.341 e. The summed E-state index contributed by atoms with van der Waals surface area (Å²) >= 11 is 6.90. The summed E-state index contributed by atoms with van der Waals surface area (Å²) in [6.45, 7) is 5.84. The average Bonchev–Trinajstić information content (AvgIpc) is 2.93. The van der Waals surface area contributed by atoms with Gasteiger partial charge in [0, 0.05) is 4.88 Å². The molecule has 6 nitrogen and oxygen atoms in total. The van der Waals surface area contributed by atoms with Crippen molar-refractivity contribution in [3.05, 3.63) is 39.8 Å². The average molecular weight is 409 g/mol. The predicted molar refractivity (Wildman–Crippen MR) is 112 cm³/mol. The summed E-state index contributed by atoms with van der Waals surface area (Å²) in [6, 6.07) is 5.62. The second-order valence-corrected chi connectivity index (χ2v) is 7.55. The first-order valence-electron chi connectivity index (χ1n) is 8.30. The number of hydrogen-bond donors (Lipinski definition) is 2. The molecule has 0 aliphatic heterocycles. The molecule has 1 aromatic heterocycles. The standard InChI is InChI=1S/C19H24N2O4S2/c1-10-12(3)27-17(16(10)18(22)25-6)21-19(26)20-11(2)13-7-8-14(23-4)15(9-13)24-5/h7-9,11H,1-6H3,(H2,20,21,26). The molecule has 0 saturated carbocycles. The van der Waals surface area contributed by atoms with Crippen LogP contribution < -0.4 is 20.1 Å². The van der Waals surface area contributed by atoms with Crippen molar-refractivity contribution in [3.63, 3.8) is 0 Å². The van der Waals surface area contributed by atoms with E-state index in [9.17, 15) is 4.79 Å². The Morgan fingerprint density at radius 3 is 2.41 bits per heavy atom. The quantitative estimate of drug-likeness (QED) is 0.548. The maximum atomic E-state index is 12.1. The van der Waals surface area contributed by atoms with E-state index >= 15 is 0 Å². The Hall–Kier alpha value is -2.32. The lowest BCUT2D eigenvalue weighted by atomic mass is 10.1. The number of methoxy groups -OCH3 is 3. The number of ether oxygens (including phenoxy) is 3. The maximum absolute atomic E-state index is 12.1. The molecular formula is C19H24N2O4S2. The Bertz CT molecular complexity index is 848. The van der Waals surface area contributed by atoms with Crippen LogP contribution in [-0.2, 0) is 4.74 Å². The Morgan fingerprint density at radius 2 is 1.81 bits per heavy atom. The third-order valence-electron chi connectivity index (χ3n) is 4.26. The van der Waals surface area contributed by atoms with Crippen LogP contribution in [0.5, 0.6) is 11.5 Å². The molecule has 1 atom stereocenters. The molecule has 146 valence electrons. The van der Waals surface area contributed by atoms with Crippen LogP contribution in [0.2, 0.25) is 0 Å². The first-order chi connectivity index (χ1) is 12.8. The number of benzene rings is 1. The smallest absolute Gasteiger partial charge is 0.341 e. The molecule has 0 aliphatic carbocycles. The van der Waals surface area contributed by atoms with Crippen LogP contribution in [-0.4, -0.2) is 32.4 Å². The van der Waals surface area contributed by atoms with Crippen molar-refractivity contribution in [3.8, 4) is 11.5 Å². The van der Waals surface area contributed by atoms with Gasteiger partial charge < -0.3 is 24.8 Å². The molecule has 2 rings (SSSR count). The fourth-order valence-corrected chi connectivity index (χ4v) is 4.00. The SMILES string of the molecule is COC(=O)c1c(NC(=S)NC(C)c2ccc(OC)c(OC)c2)sc(C)c1C. The molecule has 0 saturated heterocycles. The van der Waals surface area contributed by atoms with Crippen molar-refractivity contribution < 1.29 is 19.0 Å². The van der Waals surface area contributed by atoms with Crippen molar-refractivity contribution in [2.24, 2.45) is 0 Å². The second kappa shape index (κ2) is 9.05. The van der Waals surface area contributed by atoms with E-state index in [0.29, 0.717) is 27.2 Å². The highest BCUT2D eigenvalue weighted by molar-refractivity contribution is 7.80. The van der Waals surface area contributed by atoms with Crippen LogP contribution >= 0.6 is 23.6 Å². The molecule has 0 aliphatic rings. The summed E-state index contributed by atoms with van der Waals surface area (Å²) in [5, 5.41) is 7.44. The Morgan fingerprint density at radius 1 is 1.15 bits per heavy atom. The van der Waals surface area contributed by atoms with Gasteiger partial charge in [-0.25, -0.2) is 4.79 Å². The van der Waals surface area contributed by atoms with E-state index in [2.05, 4.69) is 10.6 Å². The molecule has 0 amide bonds. The van der Waals surface area contributed by atoms with Crippen LogP contribution in [0.15, 0.2) is 18.2 Å². The summed E-state index contributed by atoms with van der Waals surface area (Å²) in [5.74, 6) is 0.941. The van der Waals surface area contributed by atoms with Gasteiger partial charge in [0.15, 0.2) is 16.6 Å². The second-order valence-electron chi connectivity index (χ2n) is 5.91. The Balaban J connectivity index is 2.14. The van der Waals surface area contributed by atoms with Crippen LogP contribution in [0, 0.1) is 13.8 Å². The number of aryl methyl sites for hydroxylation is 1. The molecule has 8 heteroatoms. The van der Waals surface area contributed by atoms with Gasteiger partial charge in [-0.3, -0.25) is 0 Å². The van der Waals surface area contributed by atoms with Crippen LogP contribution in [0.4, 0.5) is 5.00 Å². The van der Waals surface area contributed by atoms with Gasteiger partial charge in [-0.2, -0.15) is 0 Å². The molecule has 1 unspecified atom stereocenters. The van der Waals surface area contributed by atoms with Gasteiger partial charge >= 0.3 is 5.97 Å². The normalized spacial score (nSPS) is 11.5. The van der Waals surface area contributed by atoms with Gasteiger partial charge in [-0.05, 0) is 56.2 Å². The van der Waals surface area contributed by atoms with E-state index in [0.717, 1.165) is 16.0 Å². The number of carbonyl (C=O) groups excluding carboxylic acids is 1. The zero-order valence-electron chi connectivity index (χ0n) is 16.3. The Labute approximate surface area is 168 Å². The van der Waals surface area contributed by atoms with E-state index in [1.165, 1.54) is 18.4 Å². The third kappa shape index (κ3) is 4.70. The van der Waals surface area contributed by atoms with E-state index in [-0.39, 0.29) is 12.0 Å². The van der Waals surface area contributed by atoms with E-state index < -0.39 is 0 Å². The minimum absolute atomic E-state index is 0.0754. The van der Waals surface area contributed by atoms with Crippen molar-refractivity contribution in [2.45, 2.75) is 26.8 Å². The number of nitrogens with one attached hydrogen (secondary N) is 2. The third-order valence-corrected chi connectivity index (χ3v) is 5.60. The van der Waals surface area contributed by atoms with Crippen LogP contribution in [0.25, 0.3) is 0 Å². The van der Waals surface area contributed by atoms with E-state index in [1.54, 1.807) is 14.2 Å². The fraction of sp³-hybridized carbons (Fsp3) is 0.368. The number of esters is 1. The number of thiocarbonyl (C=S) groups is 1. The highest BCUT2D eigenvalue weighted by Gasteiger charge is 2.21. The lowest BCUT2D eigenvalue weighted by Gasteiger charge is -2.18. The molecule has 27 heavy (non-hydrogen) atoms. The lowest BCUT2D eigenvalue weighted by Crippen LogP contribution is -2.31. The number of rotatable bonds is 6. The molecule has 0 bridgehead atoms. The van der Waals surface area contributed by atoms with E-state index in [1.807, 2.05) is 39.0 Å². The fourth-order valence-electron chi connectivity index (χ4n) is 2.60. The minimum atomic E-state index is -0.380. The highest BCUT2D eigenvalue weighted by Crippen LogP contribution is 2.33. The summed E-state index contributed by atoms with van der Waals surface area (Å²) in [4.78, 5) is 13.1. The zero-order valence-corrected chi connectivity index (χ0v) is 17.9. The van der Waals surface area contributed by atoms with E-state index in [4.69, 9.17) is 26.4 Å². The minimum Gasteiger partial charge on any atom is -0.493 e. The van der Waals surface area contributed by atoms with Crippen molar-refractivity contribution in [1.82, 2.24) is 5.32 Å². The summed E-state index contributed by atoms with van der Waals surface area (Å²) < 4.78 is 15.5. The topological polar surface area (TPSA) is 68.8 Å². The number of hydrogen-bond acceptors (Lipinski definition) is 6. The van der Waals surface area contributed by atoms with Crippen molar-refractivity contribution in [2.75, 3.05) is 26.6 Å². The molecule has 2 aromatic rings. The first kappa shape index (κ1) is 21.0. The van der Waals surface area contributed by atoms with Gasteiger partial charge in [0.1, 0.15) is 5.00 Å². The predicted octanol–water partition coefficient (Wildman–Crippen LogP) is 4.22. The number of anilines is 1. The monoisotopic (exact) mass is 408 g/mol. The van der Waals surface area contributed by atoms with Crippen molar-refractivity contribution in [1.29, 1.82) is 0 Å². The largest absolute Gasteiger partial charge is 0.493 e.